The van der Waals surface area contributed by atoms with Crippen molar-refractivity contribution in [1.29, 1.82) is 0 Å². The van der Waals surface area contributed by atoms with Crippen molar-refractivity contribution >= 4 is 11.9 Å². The van der Waals surface area contributed by atoms with E-state index in [2.05, 4.69) is 0 Å². The van der Waals surface area contributed by atoms with Gasteiger partial charge in [0.1, 0.15) is 11.6 Å². The molecule has 0 aromatic heterocycles. The molecule has 0 amide bonds. The van der Waals surface area contributed by atoms with Crippen LogP contribution in [-0.4, -0.2) is 25.5 Å². The second-order valence-electron chi connectivity index (χ2n) is 4.32. The van der Waals surface area contributed by atoms with Crippen LogP contribution in [0.3, 0.4) is 0 Å². The Morgan fingerprint density at radius 2 is 1.04 bits per heavy atom. The summed E-state index contributed by atoms with van der Waals surface area (Å²) in [5.41, 5.74) is 0.330. The molecule has 0 saturated carbocycles. The summed E-state index contributed by atoms with van der Waals surface area (Å²) in [5.74, 6) is -2.33. The minimum absolute atomic E-state index is 0.165. The Morgan fingerprint density at radius 3 is 1.39 bits per heavy atom. The van der Waals surface area contributed by atoms with E-state index in [4.69, 9.17) is 14.2 Å². The largest absolute Gasteiger partial charge is 0.435 e. The van der Waals surface area contributed by atoms with Crippen molar-refractivity contribution in [1.82, 2.24) is 0 Å². The van der Waals surface area contributed by atoms with E-state index in [0.29, 0.717) is 0 Å². The van der Waals surface area contributed by atoms with Gasteiger partial charge in [0, 0.05) is 0 Å². The molecule has 2 rings (SSSR count). The highest BCUT2D eigenvalue weighted by atomic mass is 19.1. The number of ether oxygens (including phenoxy) is 3. The number of benzene rings is 2. The maximum Gasteiger partial charge on any atom is 0.340 e. The number of carbonyl (C=O) groups excluding carboxylic acids is 2. The molecular weight excluding hydrogens is 310 g/mol. The van der Waals surface area contributed by atoms with E-state index in [0.717, 1.165) is 24.3 Å². The Balaban J connectivity index is 1.67. The van der Waals surface area contributed by atoms with E-state index < -0.39 is 37.2 Å². The molecular formula is C16H12F2O5. The number of hydrogen-bond acceptors (Lipinski definition) is 5. The first-order chi connectivity index (χ1) is 11.1. The first-order valence-corrected chi connectivity index (χ1v) is 6.49. The predicted molar refractivity (Wildman–Crippen MR) is 74.5 cm³/mol. The topological polar surface area (TPSA) is 61.8 Å². The van der Waals surface area contributed by atoms with Gasteiger partial charge in [-0.3, -0.25) is 0 Å². The standard InChI is InChI=1S/C16H12F2O5/c17-13-5-1-11(2-6-13)15(19)22-9-21-10-23-16(20)12-3-7-14(18)8-4-12/h1-8H,9-10H2. The van der Waals surface area contributed by atoms with Gasteiger partial charge in [0.15, 0.2) is 13.6 Å². The molecule has 2 aromatic carbocycles. The number of halogens is 2. The molecule has 5 nitrogen and oxygen atoms in total. The van der Waals surface area contributed by atoms with Crippen molar-refractivity contribution in [2.75, 3.05) is 13.6 Å². The number of hydrogen-bond donors (Lipinski definition) is 0. The summed E-state index contributed by atoms with van der Waals surface area (Å²) in [6, 6.07) is 9.59. The summed E-state index contributed by atoms with van der Waals surface area (Å²) in [5, 5.41) is 0. The van der Waals surface area contributed by atoms with Gasteiger partial charge in [-0.15, -0.1) is 0 Å². The van der Waals surface area contributed by atoms with Gasteiger partial charge in [-0.05, 0) is 48.5 Å². The fourth-order valence-electron chi connectivity index (χ4n) is 1.56. The van der Waals surface area contributed by atoms with Crippen LogP contribution in [0.25, 0.3) is 0 Å². The normalized spacial score (nSPS) is 10.2. The zero-order chi connectivity index (χ0) is 16.7. The monoisotopic (exact) mass is 322 g/mol. The van der Waals surface area contributed by atoms with E-state index in [1.165, 1.54) is 24.3 Å². The maximum absolute atomic E-state index is 12.7. The molecule has 0 saturated heterocycles. The molecule has 0 unspecified atom stereocenters. The van der Waals surface area contributed by atoms with Crippen LogP contribution < -0.4 is 0 Å². The van der Waals surface area contributed by atoms with Crippen molar-refractivity contribution < 1.29 is 32.6 Å². The average molecular weight is 322 g/mol. The molecule has 0 N–H and O–H groups in total. The van der Waals surface area contributed by atoms with E-state index in [1.54, 1.807) is 0 Å². The first-order valence-electron chi connectivity index (χ1n) is 6.49. The third kappa shape index (κ3) is 5.15. The summed E-state index contributed by atoms with van der Waals surface area (Å²) in [4.78, 5) is 23.1. The molecule has 0 aliphatic carbocycles. The van der Waals surface area contributed by atoms with Crippen LogP contribution in [0, 0.1) is 11.6 Å². The van der Waals surface area contributed by atoms with Crippen molar-refractivity contribution in [3.63, 3.8) is 0 Å². The van der Waals surface area contributed by atoms with Crippen molar-refractivity contribution in [2.45, 2.75) is 0 Å². The second-order valence-corrected chi connectivity index (χ2v) is 4.32. The van der Waals surface area contributed by atoms with Crippen LogP contribution in [0.5, 0.6) is 0 Å². The Labute approximate surface area is 130 Å². The van der Waals surface area contributed by atoms with Gasteiger partial charge in [0.25, 0.3) is 0 Å². The first kappa shape index (κ1) is 16.6. The van der Waals surface area contributed by atoms with Crippen LogP contribution in [0.4, 0.5) is 8.78 Å². The van der Waals surface area contributed by atoms with Crippen LogP contribution in [-0.2, 0) is 14.2 Å². The molecule has 0 radical (unpaired) electrons. The number of esters is 2. The molecule has 0 bridgehead atoms. The minimum Gasteiger partial charge on any atom is -0.435 e. The second kappa shape index (κ2) is 8.00. The number of carbonyl (C=O) groups is 2. The quantitative estimate of drug-likeness (QED) is 0.465. The SMILES string of the molecule is O=C(OCOCOC(=O)c1ccc(F)cc1)c1ccc(F)cc1. The van der Waals surface area contributed by atoms with E-state index in [-0.39, 0.29) is 11.1 Å². The Bertz CT molecular complexity index is 608. The molecule has 0 heterocycles. The lowest BCUT2D eigenvalue weighted by Gasteiger charge is -2.07. The van der Waals surface area contributed by atoms with Gasteiger partial charge in [-0.1, -0.05) is 0 Å². The molecule has 0 atom stereocenters. The highest BCUT2D eigenvalue weighted by molar-refractivity contribution is 5.89. The van der Waals surface area contributed by atoms with Gasteiger partial charge in [-0.25, -0.2) is 18.4 Å². The van der Waals surface area contributed by atoms with Crippen LogP contribution >= 0.6 is 0 Å². The minimum atomic E-state index is -0.699. The van der Waals surface area contributed by atoms with Crippen LogP contribution in [0.1, 0.15) is 20.7 Å². The predicted octanol–water partition coefficient (Wildman–Crippen LogP) is 2.91. The van der Waals surface area contributed by atoms with E-state index in [1.807, 2.05) is 0 Å². The van der Waals surface area contributed by atoms with Crippen molar-refractivity contribution in [2.24, 2.45) is 0 Å². The summed E-state index contributed by atoms with van der Waals surface area (Å²) in [6.07, 6.45) is 0. The molecule has 23 heavy (non-hydrogen) atoms. The summed E-state index contributed by atoms with van der Waals surface area (Å²) in [6.45, 7) is -0.875. The third-order valence-electron chi connectivity index (χ3n) is 2.71. The Hall–Kier alpha value is -2.80. The average Bonchev–Trinajstić information content (AvgIpc) is 2.55. The van der Waals surface area contributed by atoms with Gasteiger partial charge >= 0.3 is 11.9 Å². The van der Waals surface area contributed by atoms with Gasteiger partial charge in [0.2, 0.25) is 0 Å². The molecule has 0 spiro atoms. The zero-order valence-corrected chi connectivity index (χ0v) is 11.8. The van der Waals surface area contributed by atoms with Crippen molar-refractivity contribution in [3.05, 3.63) is 71.3 Å². The highest BCUT2D eigenvalue weighted by Crippen LogP contribution is 2.06. The van der Waals surface area contributed by atoms with Crippen molar-refractivity contribution in [3.8, 4) is 0 Å². The summed E-state index contributed by atoms with van der Waals surface area (Å²) in [7, 11) is 0. The molecule has 0 aliphatic rings. The highest BCUT2D eigenvalue weighted by Gasteiger charge is 2.09. The lowest BCUT2D eigenvalue weighted by atomic mass is 10.2. The Kier molecular flexibility index (Phi) is 5.76. The van der Waals surface area contributed by atoms with Crippen LogP contribution in [0.15, 0.2) is 48.5 Å². The summed E-state index contributed by atoms with van der Waals surface area (Å²) >= 11 is 0. The number of rotatable bonds is 6. The van der Waals surface area contributed by atoms with Crippen LogP contribution in [0.2, 0.25) is 0 Å². The Morgan fingerprint density at radius 1 is 0.696 bits per heavy atom. The fraction of sp³-hybridized carbons (Fsp3) is 0.125. The third-order valence-corrected chi connectivity index (χ3v) is 2.71. The molecule has 0 aliphatic heterocycles. The molecule has 0 fully saturated rings. The fourth-order valence-corrected chi connectivity index (χ4v) is 1.56. The maximum atomic E-state index is 12.7. The van der Waals surface area contributed by atoms with Gasteiger partial charge in [-0.2, -0.15) is 0 Å². The molecule has 7 heteroatoms. The molecule has 2 aromatic rings. The van der Waals surface area contributed by atoms with E-state index in [9.17, 15) is 18.4 Å². The van der Waals surface area contributed by atoms with E-state index >= 15 is 0 Å². The smallest absolute Gasteiger partial charge is 0.340 e. The zero-order valence-electron chi connectivity index (χ0n) is 11.8. The lowest BCUT2D eigenvalue weighted by molar-refractivity contribution is -0.0931. The van der Waals surface area contributed by atoms with Gasteiger partial charge in [0.05, 0.1) is 11.1 Å². The molecule has 120 valence electrons. The van der Waals surface area contributed by atoms with Gasteiger partial charge < -0.3 is 14.2 Å². The summed E-state index contributed by atoms with van der Waals surface area (Å²) < 4.78 is 39.7. The lowest BCUT2D eigenvalue weighted by Crippen LogP contribution is -2.13.